The molecule has 31 heavy (non-hydrogen) atoms. The maximum absolute atomic E-state index is 12.5. The van der Waals surface area contributed by atoms with Crippen molar-refractivity contribution in [3.63, 3.8) is 0 Å². The summed E-state index contributed by atoms with van der Waals surface area (Å²) < 4.78 is 17.4. The van der Waals surface area contributed by atoms with Crippen molar-refractivity contribution in [2.24, 2.45) is 0 Å². The first-order valence-corrected chi connectivity index (χ1v) is 9.37. The summed E-state index contributed by atoms with van der Waals surface area (Å²) in [5, 5.41) is 6.64. The molecule has 0 unspecified atom stereocenters. The molecule has 0 spiro atoms. The second kappa shape index (κ2) is 8.66. The maximum atomic E-state index is 12.5. The Balaban J connectivity index is 1.46. The maximum Gasteiger partial charge on any atom is 0.271 e. The molecular weight excluding hydrogens is 400 g/mol. The molecule has 1 amide bonds. The fourth-order valence-electron chi connectivity index (χ4n) is 2.94. The molecule has 0 aliphatic carbocycles. The van der Waals surface area contributed by atoms with E-state index in [1.165, 1.54) is 6.33 Å². The first kappa shape index (κ1) is 20.1. The molecule has 10 heteroatoms. The lowest BCUT2D eigenvalue weighted by atomic mass is 10.2. The highest BCUT2D eigenvalue weighted by molar-refractivity contribution is 5.92. The average molecular weight is 420 g/mol. The van der Waals surface area contributed by atoms with Crippen molar-refractivity contribution >= 4 is 5.91 Å². The molecule has 0 fully saturated rings. The van der Waals surface area contributed by atoms with Gasteiger partial charge in [0.25, 0.3) is 11.8 Å². The largest absolute Gasteiger partial charge is 0.493 e. The minimum absolute atomic E-state index is 0.265. The molecule has 10 nitrogen and oxygen atoms in total. The predicted molar refractivity (Wildman–Crippen MR) is 110 cm³/mol. The highest BCUT2D eigenvalue weighted by atomic mass is 16.5. The molecule has 0 saturated heterocycles. The zero-order valence-electron chi connectivity index (χ0n) is 17.2. The number of carbonyl (C=O) groups excluding carboxylic acids is 1. The van der Waals surface area contributed by atoms with Gasteiger partial charge in [-0.25, -0.2) is 9.97 Å². The fraction of sp³-hybridized carbons (Fsp3) is 0.190. The van der Waals surface area contributed by atoms with Crippen molar-refractivity contribution in [3.8, 4) is 28.8 Å². The van der Waals surface area contributed by atoms with E-state index >= 15 is 0 Å². The van der Waals surface area contributed by atoms with Crippen LogP contribution in [0, 0.1) is 6.92 Å². The molecule has 158 valence electrons. The standard InChI is InChI=1S/C21H20N6O4/c1-13-25-21(31-26-13)15-6-7-22-19(9-15)27-11-16(24-12-27)20(28)23-10-14-4-5-17(29-2)18(8-14)30-3/h4-9,11-12H,10H2,1-3H3,(H,23,28). The number of pyridine rings is 1. The highest BCUT2D eigenvalue weighted by Crippen LogP contribution is 2.27. The van der Waals surface area contributed by atoms with E-state index in [1.54, 1.807) is 56.3 Å². The summed E-state index contributed by atoms with van der Waals surface area (Å²) in [4.78, 5) is 25.3. The SMILES string of the molecule is COc1ccc(CNC(=O)c2cn(-c3cc(-c4nc(C)no4)ccn3)cn2)cc1OC. The minimum atomic E-state index is -0.308. The minimum Gasteiger partial charge on any atom is -0.493 e. The summed E-state index contributed by atoms with van der Waals surface area (Å²) in [6.07, 6.45) is 4.76. The normalized spacial score (nSPS) is 10.7. The number of aryl methyl sites for hydroxylation is 1. The monoisotopic (exact) mass is 420 g/mol. The average Bonchev–Trinajstić information content (AvgIpc) is 3.47. The van der Waals surface area contributed by atoms with Crippen molar-refractivity contribution < 1.29 is 18.8 Å². The van der Waals surface area contributed by atoms with Crippen LogP contribution >= 0.6 is 0 Å². The molecule has 0 bridgehead atoms. The van der Waals surface area contributed by atoms with Gasteiger partial charge in [-0.15, -0.1) is 0 Å². The second-order valence-corrected chi connectivity index (χ2v) is 6.59. The van der Waals surface area contributed by atoms with Crippen LogP contribution in [0.25, 0.3) is 17.3 Å². The third-order valence-electron chi connectivity index (χ3n) is 4.50. The smallest absolute Gasteiger partial charge is 0.271 e. The van der Waals surface area contributed by atoms with Gasteiger partial charge >= 0.3 is 0 Å². The Morgan fingerprint density at radius 2 is 1.97 bits per heavy atom. The summed E-state index contributed by atoms with van der Waals surface area (Å²) in [6, 6.07) is 9.00. The van der Waals surface area contributed by atoms with Crippen LogP contribution < -0.4 is 14.8 Å². The first-order chi connectivity index (χ1) is 15.1. The third-order valence-corrected chi connectivity index (χ3v) is 4.50. The number of nitrogens with zero attached hydrogens (tertiary/aromatic N) is 5. The van der Waals surface area contributed by atoms with Gasteiger partial charge in [0.2, 0.25) is 0 Å². The lowest BCUT2D eigenvalue weighted by molar-refractivity contribution is 0.0946. The van der Waals surface area contributed by atoms with E-state index < -0.39 is 0 Å². The van der Waals surface area contributed by atoms with E-state index in [-0.39, 0.29) is 11.6 Å². The zero-order valence-corrected chi connectivity index (χ0v) is 17.2. The van der Waals surface area contributed by atoms with Gasteiger partial charge in [0.15, 0.2) is 17.3 Å². The molecule has 0 radical (unpaired) electrons. The molecule has 0 atom stereocenters. The van der Waals surface area contributed by atoms with E-state index in [0.717, 1.165) is 11.1 Å². The van der Waals surface area contributed by atoms with E-state index in [2.05, 4.69) is 25.4 Å². The molecule has 1 aromatic carbocycles. The van der Waals surface area contributed by atoms with E-state index in [9.17, 15) is 4.79 Å². The molecule has 0 saturated carbocycles. The van der Waals surface area contributed by atoms with Crippen LogP contribution in [0.15, 0.2) is 53.6 Å². The lowest BCUT2D eigenvalue weighted by Gasteiger charge is -2.10. The quantitative estimate of drug-likeness (QED) is 0.485. The van der Waals surface area contributed by atoms with Crippen LogP contribution in [0.4, 0.5) is 0 Å². The number of benzene rings is 1. The number of amides is 1. The van der Waals surface area contributed by atoms with Gasteiger partial charge in [0.05, 0.1) is 14.2 Å². The summed E-state index contributed by atoms with van der Waals surface area (Å²) in [5.41, 5.74) is 1.86. The van der Waals surface area contributed by atoms with Gasteiger partial charge in [0, 0.05) is 24.5 Å². The number of imidazole rings is 1. The van der Waals surface area contributed by atoms with Crippen LogP contribution in [0.5, 0.6) is 11.5 Å². The molecule has 4 rings (SSSR count). The predicted octanol–water partition coefficient (Wildman–Crippen LogP) is 2.57. The van der Waals surface area contributed by atoms with Crippen LogP contribution in [0.1, 0.15) is 21.9 Å². The van der Waals surface area contributed by atoms with Crippen molar-refractivity contribution in [2.75, 3.05) is 14.2 Å². The molecule has 1 N–H and O–H groups in total. The molecule has 0 aliphatic rings. The Morgan fingerprint density at radius 3 is 2.71 bits per heavy atom. The number of methoxy groups -OCH3 is 2. The number of carbonyl (C=O) groups is 1. The highest BCUT2D eigenvalue weighted by Gasteiger charge is 2.13. The zero-order chi connectivity index (χ0) is 21.8. The molecule has 3 aromatic heterocycles. The third kappa shape index (κ3) is 4.37. The van der Waals surface area contributed by atoms with Gasteiger partial charge in [-0.1, -0.05) is 11.2 Å². The molecular formula is C21H20N6O4. The number of hydrogen-bond acceptors (Lipinski definition) is 8. The van der Waals surface area contributed by atoms with Gasteiger partial charge < -0.3 is 19.3 Å². The van der Waals surface area contributed by atoms with Gasteiger partial charge in [-0.05, 0) is 36.8 Å². The number of aromatic nitrogens is 5. The van der Waals surface area contributed by atoms with Gasteiger partial charge in [-0.3, -0.25) is 9.36 Å². The fourth-order valence-corrected chi connectivity index (χ4v) is 2.94. The van der Waals surface area contributed by atoms with Crippen LogP contribution in [-0.4, -0.2) is 44.8 Å². The van der Waals surface area contributed by atoms with E-state index in [4.69, 9.17) is 14.0 Å². The number of ether oxygens (including phenoxy) is 2. The number of nitrogens with one attached hydrogen (secondary N) is 1. The molecule has 3 heterocycles. The number of hydrogen-bond donors (Lipinski definition) is 1. The Kier molecular flexibility index (Phi) is 5.61. The second-order valence-electron chi connectivity index (χ2n) is 6.59. The summed E-state index contributed by atoms with van der Waals surface area (Å²) >= 11 is 0. The van der Waals surface area contributed by atoms with E-state index in [0.29, 0.717) is 35.6 Å². The lowest BCUT2D eigenvalue weighted by Crippen LogP contribution is -2.23. The molecule has 4 aromatic rings. The van der Waals surface area contributed by atoms with Gasteiger partial charge in [-0.2, -0.15) is 4.98 Å². The Labute approximate surface area is 177 Å². The summed E-state index contributed by atoms with van der Waals surface area (Å²) in [7, 11) is 3.14. The number of rotatable bonds is 7. The summed E-state index contributed by atoms with van der Waals surface area (Å²) in [6.45, 7) is 2.06. The van der Waals surface area contributed by atoms with Crippen LogP contribution in [0.2, 0.25) is 0 Å². The topological polar surface area (TPSA) is 117 Å². The van der Waals surface area contributed by atoms with E-state index in [1.807, 2.05) is 12.1 Å². The van der Waals surface area contributed by atoms with Crippen molar-refractivity contribution in [1.29, 1.82) is 0 Å². The van der Waals surface area contributed by atoms with Crippen molar-refractivity contribution in [1.82, 2.24) is 30.0 Å². The summed E-state index contributed by atoms with van der Waals surface area (Å²) in [5.74, 6) is 2.43. The van der Waals surface area contributed by atoms with Crippen molar-refractivity contribution in [3.05, 3.63) is 66.1 Å². The Morgan fingerprint density at radius 1 is 1.13 bits per heavy atom. The Bertz CT molecular complexity index is 1220. The Hall–Kier alpha value is -4.21. The first-order valence-electron chi connectivity index (χ1n) is 9.37. The van der Waals surface area contributed by atoms with Crippen molar-refractivity contribution in [2.45, 2.75) is 13.5 Å². The van der Waals surface area contributed by atoms with Gasteiger partial charge in [0.1, 0.15) is 17.8 Å². The molecule has 0 aliphatic heterocycles. The van der Waals surface area contributed by atoms with Crippen LogP contribution in [0.3, 0.4) is 0 Å². The van der Waals surface area contributed by atoms with Crippen LogP contribution in [-0.2, 0) is 6.54 Å².